The maximum Gasteiger partial charge on any atom is 0.418 e. The molecule has 3 N–H and O–H groups in total. The molecular formula is C26H29F6N7O. The summed E-state index contributed by atoms with van der Waals surface area (Å²) in [5.74, 6) is -2.77. The number of piperazine rings is 1. The van der Waals surface area contributed by atoms with Gasteiger partial charge < -0.3 is 20.7 Å². The summed E-state index contributed by atoms with van der Waals surface area (Å²) in [6.45, 7) is 4.86. The Morgan fingerprint density at radius 2 is 1.93 bits per heavy atom. The van der Waals surface area contributed by atoms with E-state index in [9.17, 15) is 17.6 Å². The summed E-state index contributed by atoms with van der Waals surface area (Å²) in [4.78, 5) is 15.9. The number of nitrogens with one attached hydrogen (secondary N) is 1. The largest absolute Gasteiger partial charge is 0.462 e. The first-order valence-electron chi connectivity index (χ1n) is 12.8. The Bertz CT molecular complexity index is 1440. The molecule has 0 aliphatic carbocycles. The van der Waals surface area contributed by atoms with Crippen molar-refractivity contribution in [1.82, 2.24) is 25.2 Å². The van der Waals surface area contributed by atoms with Crippen molar-refractivity contribution in [3.8, 4) is 17.3 Å². The number of alkyl halides is 4. The molecule has 8 nitrogen and oxygen atoms in total. The van der Waals surface area contributed by atoms with Crippen LogP contribution in [0.3, 0.4) is 0 Å². The summed E-state index contributed by atoms with van der Waals surface area (Å²) in [5, 5.41) is 3.19. The lowest BCUT2D eigenvalue weighted by molar-refractivity contribution is -0.137. The van der Waals surface area contributed by atoms with E-state index in [1.54, 1.807) is 11.9 Å². The quantitative estimate of drug-likeness (QED) is 0.444. The molecule has 3 atom stereocenters. The Kier molecular flexibility index (Phi) is 7.42. The third-order valence-corrected chi connectivity index (χ3v) is 7.41. The highest BCUT2D eigenvalue weighted by Crippen LogP contribution is 2.43. The maximum atomic E-state index is 16.2. The smallest absolute Gasteiger partial charge is 0.418 e. The zero-order valence-electron chi connectivity index (χ0n) is 22.1. The van der Waals surface area contributed by atoms with E-state index in [-0.39, 0.29) is 60.3 Å². The Balaban J connectivity index is 1.69. The summed E-state index contributed by atoms with van der Waals surface area (Å²) in [6.07, 6.45) is -5.75. The van der Waals surface area contributed by atoms with Crippen LogP contribution >= 0.6 is 0 Å². The van der Waals surface area contributed by atoms with E-state index in [0.29, 0.717) is 19.6 Å². The topological polar surface area (TPSA) is 92.4 Å². The third kappa shape index (κ3) is 5.21. The van der Waals surface area contributed by atoms with Crippen LogP contribution in [0, 0.1) is 18.6 Å². The lowest BCUT2D eigenvalue weighted by atomic mass is 9.98. The molecule has 2 aliphatic heterocycles. The van der Waals surface area contributed by atoms with Crippen molar-refractivity contribution in [1.29, 1.82) is 0 Å². The van der Waals surface area contributed by atoms with Crippen LogP contribution < -0.4 is 20.7 Å². The number of aryl methyl sites for hydroxylation is 1. The van der Waals surface area contributed by atoms with Crippen LogP contribution in [0.1, 0.15) is 24.5 Å². The molecule has 40 heavy (non-hydrogen) atoms. The number of hydrogen-bond acceptors (Lipinski definition) is 8. The predicted octanol–water partition coefficient (Wildman–Crippen LogP) is 4.10. The fourth-order valence-corrected chi connectivity index (χ4v) is 5.43. The number of nitrogen functional groups attached to an aromatic ring is 1. The number of rotatable bonds is 5. The number of hydrogen-bond donors (Lipinski definition) is 2. The van der Waals surface area contributed by atoms with E-state index in [0.717, 1.165) is 19.1 Å². The minimum Gasteiger partial charge on any atom is -0.462 e. The summed E-state index contributed by atoms with van der Waals surface area (Å²) in [6, 6.07) is 1.24. The molecule has 2 fully saturated rings. The number of nitrogens with two attached hydrogens (primary N) is 1. The van der Waals surface area contributed by atoms with Crippen molar-refractivity contribution in [2.75, 3.05) is 50.5 Å². The highest BCUT2D eigenvalue weighted by atomic mass is 19.4. The van der Waals surface area contributed by atoms with Gasteiger partial charge in [-0.25, -0.2) is 18.2 Å². The van der Waals surface area contributed by atoms with Crippen molar-refractivity contribution in [3.63, 3.8) is 0 Å². The standard InChI is InChI=1S/C26H29F6N7O/c1-12-6-18(33)35-23(20(12)26(30,31)32)19-17(28)8-16-22(21(19)29)36-25(40-11-15-7-14(27)10-38(15)3)37-24(16)39-5-4-34-9-13(39)2/h6,8,13-15,34H,4-5,7,9-11H2,1-3H3,(H2,33,35)/t13?,14-,15+/m1/s1. The van der Waals surface area contributed by atoms with Gasteiger partial charge >= 0.3 is 12.2 Å². The van der Waals surface area contributed by atoms with Gasteiger partial charge in [-0.05, 0) is 45.0 Å². The van der Waals surface area contributed by atoms with Crippen molar-refractivity contribution >= 4 is 22.5 Å². The normalized spacial score (nSPS) is 22.3. The van der Waals surface area contributed by atoms with Gasteiger partial charge in [0, 0.05) is 43.6 Å². The molecule has 0 spiro atoms. The number of ether oxygens (including phenoxy) is 1. The van der Waals surface area contributed by atoms with Crippen LogP contribution in [0.2, 0.25) is 0 Å². The second-order valence-electron chi connectivity index (χ2n) is 10.3. The molecule has 0 amide bonds. The highest BCUT2D eigenvalue weighted by molar-refractivity contribution is 5.94. The van der Waals surface area contributed by atoms with E-state index in [1.807, 2.05) is 11.8 Å². The van der Waals surface area contributed by atoms with Crippen LogP contribution in [-0.4, -0.2) is 77.9 Å². The third-order valence-electron chi connectivity index (χ3n) is 7.41. The van der Waals surface area contributed by atoms with Gasteiger partial charge in [-0.15, -0.1) is 0 Å². The molecule has 5 rings (SSSR count). The van der Waals surface area contributed by atoms with E-state index < -0.39 is 46.3 Å². The second kappa shape index (κ2) is 10.5. The molecule has 216 valence electrons. The molecule has 0 saturated carbocycles. The van der Waals surface area contributed by atoms with Gasteiger partial charge in [-0.2, -0.15) is 23.1 Å². The molecule has 2 aromatic heterocycles. The van der Waals surface area contributed by atoms with Crippen LogP contribution in [-0.2, 0) is 6.18 Å². The lowest BCUT2D eigenvalue weighted by Crippen LogP contribution is -2.50. The first-order valence-corrected chi connectivity index (χ1v) is 12.8. The molecular weight excluding hydrogens is 540 g/mol. The van der Waals surface area contributed by atoms with Gasteiger partial charge in [0.2, 0.25) is 0 Å². The number of anilines is 2. The number of fused-ring (bicyclic) bond motifs is 1. The first-order chi connectivity index (χ1) is 18.8. The van der Waals surface area contributed by atoms with E-state index >= 15 is 8.78 Å². The molecule has 14 heteroatoms. The van der Waals surface area contributed by atoms with Crippen molar-refractivity contribution in [3.05, 3.63) is 34.9 Å². The SMILES string of the molecule is Cc1cc(N)nc(-c2c(F)cc3c(N4CCNCC4C)nc(OC[C@@H]4C[C@@H](F)CN4C)nc3c2F)c1C(F)(F)F. The number of pyridine rings is 1. The number of likely N-dealkylation sites (N-methyl/N-ethyl adjacent to an activating group) is 1. The second-order valence-corrected chi connectivity index (χ2v) is 10.3. The van der Waals surface area contributed by atoms with Crippen LogP contribution in [0.4, 0.5) is 38.0 Å². The monoisotopic (exact) mass is 569 g/mol. The van der Waals surface area contributed by atoms with Gasteiger partial charge in [0.25, 0.3) is 0 Å². The van der Waals surface area contributed by atoms with Gasteiger partial charge in [0.05, 0.1) is 16.8 Å². The van der Waals surface area contributed by atoms with Gasteiger partial charge in [-0.1, -0.05) is 0 Å². The Hall–Kier alpha value is -3.39. The first kappa shape index (κ1) is 28.1. The molecule has 3 aromatic rings. The summed E-state index contributed by atoms with van der Waals surface area (Å²) in [5.41, 5.74) is 1.65. The van der Waals surface area contributed by atoms with Crippen LogP contribution in [0.25, 0.3) is 22.2 Å². The molecule has 4 heterocycles. The average Bonchev–Trinajstić information content (AvgIpc) is 3.18. The zero-order chi connectivity index (χ0) is 28.9. The lowest BCUT2D eigenvalue weighted by Gasteiger charge is -2.35. The fourth-order valence-electron chi connectivity index (χ4n) is 5.43. The van der Waals surface area contributed by atoms with E-state index in [2.05, 4.69) is 20.3 Å². The average molecular weight is 570 g/mol. The van der Waals surface area contributed by atoms with E-state index in [1.165, 1.54) is 0 Å². The Labute approximate surface area is 226 Å². The minimum absolute atomic E-state index is 0.00282. The predicted molar refractivity (Wildman–Crippen MR) is 138 cm³/mol. The fraction of sp³-hybridized carbons (Fsp3) is 0.500. The van der Waals surface area contributed by atoms with Crippen LogP contribution in [0.15, 0.2) is 12.1 Å². The van der Waals surface area contributed by atoms with Crippen molar-refractivity contribution in [2.24, 2.45) is 0 Å². The number of halogens is 6. The summed E-state index contributed by atoms with van der Waals surface area (Å²) in [7, 11) is 1.75. The number of likely N-dealkylation sites (tertiary alicyclic amines) is 1. The summed E-state index contributed by atoms with van der Waals surface area (Å²) >= 11 is 0. The molecule has 1 aromatic carbocycles. The van der Waals surface area contributed by atoms with Crippen molar-refractivity contribution < 1.29 is 31.1 Å². The molecule has 0 bridgehead atoms. The van der Waals surface area contributed by atoms with Gasteiger partial charge in [0.15, 0.2) is 5.82 Å². The Morgan fingerprint density at radius 3 is 2.58 bits per heavy atom. The molecule has 1 unspecified atom stereocenters. The van der Waals surface area contributed by atoms with Gasteiger partial charge in [0.1, 0.15) is 35.7 Å². The number of nitrogens with zero attached hydrogens (tertiary/aromatic N) is 5. The molecule has 2 aliphatic rings. The minimum atomic E-state index is -4.96. The number of aromatic nitrogens is 3. The molecule has 2 saturated heterocycles. The van der Waals surface area contributed by atoms with Gasteiger partial charge in [-0.3, -0.25) is 4.90 Å². The van der Waals surface area contributed by atoms with Crippen molar-refractivity contribution in [2.45, 2.75) is 44.7 Å². The van der Waals surface area contributed by atoms with Crippen LogP contribution in [0.5, 0.6) is 6.01 Å². The Morgan fingerprint density at radius 1 is 1.18 bits per heavy atom. The highest BCUT2D eigenvalue weighted by Gasteiger charge is 2.39. The van der Waals surface area contributed by atoms with E-state index in [4.69, 9.17) is 10.5 Å². The zero-order valence-corrected chi connectivity index (χ0v) is 22.1. The maximum absolute atomic E-state index is 16.2. The number of benzene rings is 1. The summed E-state index contributed by atoms with van der Waals surface area (Å²) < 4.78 is 93.5. The molecule has 0 radical (unpaired) electrons.